The molecule has 30 heavy (non-hydrogen) atoms. The van der Waals surface area contributed by atoms with Crippen LogP contribution in [-0.2, 0) is 15.6 Å². The van der Waals surface area contributed by atoms with E-state index in [9.17, 15) is 8.42 Å². The zero-order chi connectivity index (χ0) is 20.9. The van der Waals surface area contributed by atoms with Crippen molar-refractivity contribution in [2.24, 2.45) is 0 Å². The fourth-order valence-electron chi connectivity index (χ4n) is 4.52. The number of aromatic nitrogens is 1. The zero-order valence-electron chi connectivity index (χ0n) is 16.5. The number of benzene rings is 2. The van der Waals surface area contributed by atoms with E-state index in [4.69, 9.17) is 16.3 Å². The molecule has 156 valence electrons. The number of hydrogen-bond donors (Lipinski definition) is 1. The van der Waals surface area contributed by atoms with Crippen molar-refractivity contribution < 1.29 is 13.2 Å². The van der Waals surface area contributed by atoms with Crippen LogP contribution in [0.4, 0.5) is 5.69 Å². The van der Waals surface area contributed by atoms with E-state index in [1.165, 1.54) is 6.07 Å². The van der Waals surface area contributed by atoms with E-state index in [1.54, 1.807) is 29.6 Å². The molecule has 0 atom stereocenters. The highest BCUT2D eigenvalue weighted by molar-refractivity contribution is 7.89. The largest absolute Gasteiger partial charge is 0.497 e. The molecule has 2 aliphatic heterocycles. The Morgan fingerprint density at radius 1 is 1.07 bits per heavy atom. The molecule has 1 spiro atoms. The minimum absolute atomic E-state index is 0.237. The van der Waals surface area contributed by atoms with Crippen LogP contribution >= 0.6 is 11.6 Å². The minimum Gasteiger partial charge on any atom is -0.497 e. The zero-order valence-corrected chi connectivity index (χ0v) is 18.1. The maximum Gasteiger partial charge on any atom is 0.243 e. The van der Waals surface area contributed by atoms with Crippen molar-refractivity contribution in [1.29, 1.82) is 0 Å². The van der Waals surface area contributed by atoms with Gasteiger partial charge in [0.15, 0.2) is 0 Å². The van der Waals surface area contributed by atoms with Crippen LogP contribution in [0.25, 0.3) is 5.69 Å². The lowest BCUT2D eigenvalue weighted by atomic mass is 9.83. The highest BCUT2D eigenvalue weighted by Crippen LogP contribution is 2.45. The van der Waals surface area contributed by atoms with E-state index in [-0.39, 0.29) is 10.4 Å². The molecule has 5 rings (SSSR count). The summed E-state index contributed by atoms with van der Waals surface area (Å²) in [4.78, 5) is 0.237. The van der Waals surface area contributed by atoms with Gasteiger partial charge in [-0.25, -0.2) is 8.42 Å². The van der Waals surface area contributed by atoms with Crippen LogP contribution < -0.4 is 10.1 Å². The predicted octanol–water partition coefficient (Wildman–Crippen LogP) is 4.24. The number of nitrogens with zero attached hydrogens (tertiary/aromatic N) is 2. The third-order valence-electron chi connectivity index (χ3n) is 6.09. The molecule has 8 heteroatoms. The summed E-state index contributed by atoms with van der Waals surface area (Å²) in [5, 5.41) is 4.13. The summed E-state index contributed by atoms with van der Waals surface area (Å²) < 4.78 is 35.4. The Morgan fingerprint density at radius 2 is 1.87 bits per heavy atom. The lowest BCUT2D eigenvalue weighted by Crippen LogP contribution is -2.50. The summed E-state index contributed by atoms with van der Waals surface area (Å²) in [5.41, 5.74) is 2.88. The third-order valence-corrected chi connectivity index (χ3v) is 8.22. The number of fused-ring (bicyclic) bond motifs is 4. The van der Waals surface area contributed by atoms with Crippen molar-refractivity contribution in [3.8, 4) is 11.4 Å². The van der Waals surface area contributed by atoms with E-state index < -0.39 is 10.0 Å². The quantitative estimate of drug-likeness (QED) is 0.657. The predicted molar refractivity (Wildman–Crippen MR) is 117 cm³/mol. The fourth-order valence-corrected chi connectivity index (χ4v) is 6.26. The number of hydrogen-bond acceptors (Lipinski definition) is 4. The number of anilines is 1. The highest BCUT2D eigenvalue weighted by atomic mass is 35.5. The number of methoxy groups -OCH3 is 1. The average Bonchev–Trinajstić information content (AvgIpc) is 3.25. The summed E-state index contributed by atoms with van der Waals surface area (Å²) in [6.45, 7) is 0.846. The molecule has 1 aromatic heterocycles. The van der Waals surface area contributed by atoms with Crippen LogP contribution in [-0.4, -0.2) is 37.5 Å². The van der Waals surface area contributed by atoms with E-state index in [0.717, 1.165) is 22.8 Å². The summed E-state index contributed by atoms with van der Waals surface area (Å²) in [6, 6.07) is 16.6. The van der Waals surface area contributed by atoms with Gasteiger partial charge in [0.05, 0.1) is 28.9 Å². The Labute approximate surface area is 181 Å². The first-order valence-electron chi connectivity index (χ1n) is 9.83. The first-order chi connectivity index (χ1) is 14.4. The van der Waals surface area contributed by atoms with Gasteiger partial charge in [-0.15, -0.1) is 0 Å². The molecule has 1 N–H and O–H groups in total. The Bertz CT molecular complexity index is 1210. The molecule has 0 radical (unpaired) electrons. The first-order valence-corrected chi connectivity index (χ1v) is 11.6. The van der Waals surface area contributed by atoms with Crippen molar-refractivity contribution in [3.05, 3.63) is 71.5 Å². The normalized spacial score (nSPS) is 17.8. The van der Waals surface area contributed by atoms with Crippen LogP contribution in [0.15, 0.2) is 65.7 Å². The van der Waals surface area contributed by atoms with E-state index in [2.05, 4.69) is 22.1 Å². The molecule has 1 saturated heterocycles. The Kier molecular flexibility index (Phi) is 4.57. The summed E-state index contributed by atoms with van der Waals surface area (Å²) >= 11 is 6.02. The third kappa shape index (κ3) is 3.00. The molecule has 2 aliphatic rings. The van der Waals surface area contributed by atoms with Gasteiger partial charge in [-0.3, -0.25) is 0 Å². The van der Waals surface area contributed by atoms with Gasteiger partial charge < -0.3 is 14.6 Å². The van der Waals surface area contributed by atoms with Gasteiger partial charge in [-0.2, -0.15) is 4.31 Å². The molecule has 1 fully saturated rings. The molecule has 0 aliphatic carbocycles. The Balaban J connectivity index is 1.46. The van der Waals surface area contributed by atoms with Crippen LogP contribution in [0.1, 0.15) is 18.5 Å². The number of sulfonamides is 1. The maximum absolute atomic E-state index is 13.1. The van der Waals surface area contributed by atoms with Gasteiger partial charge in [0.1, 0.15) is 5.75 Å². The molecule has 3 heterocycles. The standard InChI is InChI=1S/C22H22ClN3O3S/c1-29-17-7-8-20-19(15-17)24-22(21-6-3-11-26(20)21)9-12-25(13-10-22)30(27,28)18-5-2-4-16(23)14-18/h2-8,11,14-15,24H,9-10,12-13H2,1H3. The van der Waals surface area contributed by atoms with Gasteiger partial charge in [0.2, 0.25) is 10.0 Å². The number of rotatable bonds is 3. The average molecular weight is 444 g/mol. The van der Waals surface area contributed by atoms with Crippen molar-refractivity contribution in [2.75, 3.05) is 25.5 Å². The fraction of sp³-hybridized carbons (Fsp3) is 0.273. The second-order valence-corrected chi connectivity index (χ2v) is 10.1. The van der Waals surface area contributed by atoms with Crippen molar-refractivity contribution in [2.45, 2.75) is 23.3 Å². The number of piperidine rings is 1. The second-order valence-electron chi connectivity index (χ2n) is 7.72. The van der Waals surface area contributed by atoms with Gasteiger partial charge in [-0.05, 0) is 55.3 Å². The number of nitrogens with one attached hydrogen (secondary N) is 1. The monoisotopic (exact) mass is 443 g/mol. The van der Waals surface area contributed by atoms with E-state index in [1.807, 2.05) is 24.3 Å². The Morgan fingerprint density at radius 3 is 2.60 bits per heavy atom. The van der Waals surface area contributed by atoms with Crippen LogP contribution in [0.5, 0.6) is 5.75 Å². The number of halogens is 1. The van der Waals surface area contributed by atoms with Gasteiger partial charge in [-0.1, -0.05) is 17.7 Å². The lowest BCUT2D eigenvalue weighted by molar-refractivity contribution is 0.247. The van der Waals surface area contributed by atoms with Gasteiger partial charge >= 0.3 is 0 Å². The summed E-state index contributed by atoms with van der Waals surface area (Å²) in [6.07, 6.45) is 3.37. The lowest BCUT2D eigenvalue weighted by Gasteiger charge is -2.46. The van der Waals surface area contributed by atoms with Crippen molar-refractivity contribution in [1.82, 2.24) is 8.87 Å². The van der Waals surface area contributed by atoms with Crippen molar-refractivity contribution >= 4 is 27.3 Å². The van der Waals surface area contributed by atoms with E-state index in [0.29, 0.717) is 31.0 Å². The van der Waals surface area contributed by atoms with Crippen LogP contribution in [0, 0.1) is 0 Å². The molecule has 2 aromatic carbocycles. The molecule has 6 nitrogen and oxygen atoms in total. The molecule has 0 bridgehead atoms. The molecule has 0 saturated carbocycles. The smallest absolute Gasteiger partial charge is 0.243 e. The molecular formula is C22H22ClN3O3S. The minimum atomic E-state index is -3.58. The SMILES string of the molecule is COc1ccc2c(c1)NC1(CCN(S(=O)(=O)c3cccc(Cl)c3)CC1)c1cccn1-2. The topological polar surface area (TPSA) is 63.6 Å². The molecular weight excluding hydrogens is 422 g/mol. The van der Waals surface area contributed by atoms with Crippen LogP contribution in [0.3, 0.4) is 0 Å². The molecule has 0 amide bonds. The van der Waals surface area contributed by atoms with Crippen LogP contribution in [0.2, 0.25) is 5.02 Å². The summed E-state index contributed by atoms with van der Waals surface area (Å²) in [7, 11) is -1.93. The van der Waals surface area contributed by atoms with E-state index >= 15 is 0 Å². The van der Waals surface area contributed by atoms with Gasteiger partial charge in [0, 0.05) is 36.1 Å². The second kappa shape index (κ2) is 7.04. The number of ether oxygens (including phenoxy) is 1. The molecule has 0 unspecified atom stereocenters. The first kappa shape index (κ1) is 19.5. The van der Waals surface area contributed by atoms with Crippen molar-refractivity contribution in [3.63, 3.8) is 0 Å². The highest BCUT2D eigenvalue weighted by Gasteiger charge is 2.43. The summed E-state index contributed by atoms with van der Waals surface area (Å²) in [5.74, 6) is 0.785. The molecule has 3 aromatic rings. The Hall–Kier alpha value is -2.48. The van der Waals surface area contributed by atoms with Gasteiger partial charge in [0.25, 0.3) is 0 Å². The maximum atomic E-state index is 13.1.